The highest BCUT2D eigenvalue weighted by Crippen LogP contribution is 2.57. The fraction of sp³-hybridized carbons (Fsp3) is 0.164. The number of rotatable bonds is 10. The number of benzene rings is 17. The van der Waals surface area contributed by atoms with Gasteiger partial charge in [0.1, 0.15) is 46.0 Å². The summed E-state index contributed by atoms with van der Waals surface area (Å²) in [5.41, 5.74) is 38.2. The molecule has 17 aromatic carbocycles. The van der Waals surface area contributed by atoms with Crippen molar-refractivity contribution in [3.63, 3.8) is 0 Å². The van der Waals surface area contributed by atoms with E-state index in [1.165, 1.54) is 27.8 Å². The number of fused-ring (bicyclic) bond motifs is 14. The van der Waals surface area contributed by atoms with E-state index in [-0.39, 0.29) is 28.4 Å². The Balaban J connectivity index is 0.878. The third kappa shape index (κ3) is 13.6. The summed E-state index contributed by atoms with van der Waals surface area (Å²) in [6.07, 6.45) is 0. The van der Waals surface area contributed by atoms with Crippen molar-refractivity contribution in [2.45, 2.75) is 131 Å². The fourth-order valence-corrected chi connectivity index (χ4v) is 21.3. The Morgan fingerprint density at radius 3 is 0.916 bits per heavy atom. The highest BCUT2D eigenvalue weighted by atomic mass is 16.5. The molecule has 6 nitrogen and oxygen atoms in total. The molecule has 0 radical (unpaired) electrons. The van der Waals surface area contributed by atoms with Gasteiger partial charge in [0.25, 0.3) is 20.1 Å². The van der Waals surface area contributed by atoms with Crippen LogP contribution in [-0.2, 0) is 27.1 Å². The zero-order chi connectivity index (χ0) is 89.6. The van der Waals surface area contributed by atoms with Crippen LogP contribution in [0.2, 0.25) is 0 Å². The Hall–Kier alpha value is -14.3. The van der Waals surface area contributed by atoms with Gasteiger partial charge in [-0.15, -0.1) is 0 Å². The van der Waals surface area contributed by atoms with Gasteiger partial charge in [0.05, 0.1) is 11.4 Å². The van der Waals surface area contributed by atoms with Gasteiger partial charge in [0.2, 0.25) is 0 Å². The van der Waals surface area contributed by atoms with E-state index in [1.807, 2.05) is 0 Å². The third-order valence-corrected chi connectivity index (χ3v) is 28.3. The zero-order valence-corrected chi connectivity index (χ0v) is 77.2. The van der Waals surface area contributed by atoms with Crippen molar-refractivity contribution >= 4 is 103 Å². The molecule has 0 spiro atoms. The first-order chi connectivity index (χ1) is 63.1. The molecule has 0 fully saturated rings. The van der Waals surface area contributed by atoms with Crippen LogP contribution in [0.3, 0.4) is 0 Å². The molecule has 9 heteroatoms. The molecule has 6 aliphatic rings. The monoisotopic (exact) mass is 1690 g/mol. The van der Waals surface area contributed by atoms with Gasteiger partial charge in [0, 0.05) is 73.5 Å². The number of hydrogen-bond donors (Lipinski definition) is 0. The molecule has 0 aliphatic carbocycles. The van der Waals surface area contributed by atoms with E-state index in [2.05, 4.69) is 466 Å². The molecule has 0 saturated heterocycles. The molecule has 0 amide bonds. The standard InChI is InChI=1S/C122H103B3N2O4/c1-118(2,3)86-46-28-42-82(62-86)91-50-32-51-92(83-43-29-47-87(63-83)119(4,5)6)114(91)126-99-68-80(76-38-24-18-25-39-76)54-58-95(99)124-109-100(126)70-90(122(13,14)15)71-101(109)127(115-93(84-44-30-48-88(64-84)120(7,8)9)52-33-53-94(115)85-45-31-49-89(65-85)121(10,11)12)102-72-106-112-116(110(102)124)131-105-69-81(77-40-26-19-27-41-77)55-59-96(105)125(112)113-108(129-106)73-107-111-117(113)130-104-61-57-79(75-36-22-17-23-37-75)67-98(104)123(111)97-66-78(56-60-103(97)128-107)74-34-20-16-21-35-74/h16-73H,1-15H3. The predicted octanol–water partition coefficient (Wildman–Crippen LogP) is 27.0. The van der Waals surface area contributed by atoms with Crippen molar-refractivity contribution in [3.05, 3.63) is 380 Å². The van der Waals surface area contributed by atoms with Crippen LogP contribution in [-0.4, -0.2) is 20.1 Å². The van der Waals surface area contributed by atoms with Crippen LogP contribution in [0, 0.1) is 0 Å². The van der Waals surface area contributed by atoms with Crippen LogP contribution in [0.5, 0.6) is 46.0 Å². The quantitative estimate of drug-likeness (QED) is 0.127. The first kappa shape index (κ1) is 81.2. The average Bonchev–Trinajstić information content (AvgIpc) is 0.670. The van der Waals surface area contributed by atoms with E-state index in [1.54, 1.807) is 0 Å². The van der Waals surface area contributed by atoms with Crippen LogP contribution in [0.25, 0.3) is 89.0 Å². The van der Waals surface area contributed by atoms with Crippen molar-refractivity contribution in [2.75, 3.05) is 9.80 Å². The Labute approximate surface area is 772 Å². The van der Waals surface area contributed by atoms with Crippen molar-refractivity contribution in [1.29, 1.82) is 0 Å². The fourth-order valence-electron chi connectivity index (χ4n) is 21.3. The van der Waals surface area contributed by atoms with Gasteiger partial charge in [-0.05, 0) is 191 Å². The molecule has 0 bridgehead atoms. The van der Waals surface area contributed by atoms with E-state index in [4.69, 9.17) is 18.9 Å². The second-order valence-electron chi connectivity index (χ2n) is 41.9. The van der Waals surface area contributed by atoms with Crippen LogP contribution >= 0.6 is 0 Å². The summed E-state index contributed by atoms with van der Waals surface area (Å²) >= 11 is 0. The van der Waals surface area contributed by atoms with E-state index >= 15 is 0 Å². The molecular weight excluding hydrogens is 1590 g/mol. The van der Waals surface area contributed by atoms with Gasteiger partial charge >= 0.3 is 0 Å². The summed E-state index contributed by atoms with van der Waals surface area (Å²) in [6.45, 7) is 33.8. The maximum atomic E-state index is 8.51. The largest absolute Gasteiger partial charge is 0.459 e. The molecule has 0 aromatic heterocycles. The Morgan fingerprint density at radius 1 is 0.183 bits per heavy atom. The highest BCUT2D eigenvalue weighted by Gasteiger charge is 2.54. The molecule has 6 aliphatic heterocycles. The molecule has 0 atom stereocenters. The Bertz CT molecular complexity index is 7370. The summed E-state index contributed by atoms with van der Waals surface area (Å²) in [4.78, 5) is 5.41. The lowest BCUT2D eigenvalue weighted by molar-refractivity contribution is 0.443. The number of anilines is 6. The summed E-state index contributed by atoms with van der Waals surface area (Å²) in [6, 6.07) is 132. The smallest absolute Gasteiger partial charge is 0.265 e. The Morgan fingerprint density at radius 2 is 0.496 bits per heavy atom. The van der Waals surface area contributed by atoms with Gasteiger partial charge in [-0.3, -0.25) is 0 Å². The van der Waals surface area contributed by atoms with Crippen molar-refractivity contribution in [1.82, 2.24) is 0 Å². The van der Waals surface area contributed by atoms with E-state index in [0.29, 0.717) is 17.2 Å². The van der Waals surface area contributed by atoms with Crippen molar-refractivity contribution < 1.29 is 18.9 Å². The zero-order valence-electron chi connectivity index (χ0n) is 77.2. The molecule has 23 rings (SSSR count). The van der Waals surface area contributed by atoms with Gasteiger partial charge < -0.3 is 28.7 Å². The summed E-state index contributed by atoms with van der Waals surface area (Å²) < 4.78 is 32.1. The van der Waals surface area contributed by atoms with Gasteiger partial charge in [-0.25, -0.2) is 0 Å². The topological polar surface area (TPSA) is 43.4 Å². The van der Waals surface area contributed by atoms with Gasteiger partial charge in [0.15, 0.2) is 0 Å². The first-order valence-electron chi connectivity index (χ1n) is 46.5. The normalized spacial score (nSPS) is 13.6. The predicted molar refractivity (Wildman–Crippen MR) is 553 cm³/mol. The molecule has 17 aromatic rings. The highest BCUT2D eigenvalue weighted by molar-refractivity contribution is 7.04. The molecule has 6 heterocycles. The maximum Gasteiger partial charge on any atom is 0.265 e. The lowest BCUT2D eigenvalue weighted by atomic mass is 9.29. The minimum Gasteiger partial charge on any atom is -0.459 e. The SMILES string of the molecule is CC(C)(C)c1cccc(-c2cccc(-c3cccc(C(C)(C)C)c3)c2N2c3cc(-c4ccccc4)ccc3B3c4c2cc(C(C)(C)C)cc4N(c2c(-c4cccc(C(C)(C)C)c4)cccc2-c2cccc(C(C)(C)C)c2)c2cc4c5c(c23)Oc2cc(-c3ccccc3)ccc2B5c2c(cc3c5c2Oc2ccc(-c6ccccc6)cc2B5c2cc(-c5ccccc5)ccc2O3)O4)c1. The van der Waals surface area contributed by atoms with Gasteiger partial charge in [-0.1, -0.05) is 407 Å². The minimum atomic E-state index is -0.534. The lowest BCUT2D eigenvalue weighted by Crippen LogP contribution is -2.66. The summed E-state index contributed by atoms with van der Waals surface area (Å²) in [5.74, 6) is 5.79. The third-order valence-electron chi connectivity index (χ3n) is 28.3. The first-order valence-corrected chi connectivity index (χ1v) is 46.5. The molecule has 0 N–H and O–H groups in total. The number of hydrogen-bond acceptors (Lipinski definition) is 6. The van der Waals surface area contributed by atoms with Gasteiger partial charge in [-0.2, -0.15) is 0 Å². The van der Waals surface area contributed by atoms with E-state index in [9.17, 15) is 0 Å². The minimum absolute atomic E-state index is 0.158. The van der Waals surface area contributed by atoms with Crippen LogP contribution in [0.4, 0.5) is 34.1 Å². The van der Waals surface area contributed by atoms with Crippen molar-refractivity contribution in [3.8, 4) is 135 Å². The summed E-state index contributed by atoms with van der Waals surface area (Å²) in [5, 5.41) is 0. The number of para-hydroxylation sites is 2. The summed E-state index contributed by atoms with van der Waals surface area (Å²) in [7, 11) is 0. The maximum absolute atomic E-state index is 8.51. The molecule has 634 valence electrons. The molecule has 0 saturated carbocycles. The molecule has 0 unspecified atom stereocenters. The second-order valence-corrected chi connectivity index (χ2v) is 41.9. The number of ether oxygens (including phenoxy) is 4. The lowest BCUT2D eigenvalue weighted by Gasteiger charge is -2.48. The van der Waals surface area contributed by atoms with Crippen LogP contribution < -0.4 is 77.9 Å². The average molecular weight is 1690 g/mol. The Kier molecular flexibility index (Phi) is 18.7. The van der Waals surface area contributed by atoms with E-state index in [0.717, 1.165) is 201 Å². The molecule has 131 heavy (non-hydrogen) atoms. The second kappa shape index (κ2) is 30.2. The van der Waals surface area contributed by atoms with Crippen LogP contribution in [0.1, 0.15) is 132 Å². The van der Waals surface area contributed by atoms with E-state index < -0.39 is 18.8 Å². The number of nitrogens with zero attached hydrogens (tertiary/aromatic N) is 2. The van der Waals surface area contributed by atoms with Crippen molar-refractivity contribution in [2.24, 2.45) is 0 Å². The molecular formula is C122H103B3N2O4. The van der Waals surface area contributed by atoms with Crippen LogP contribution in [0.15, 0.2) is 352 Å².